The van der Waals surface area contributed by atoms with E-state index in [0.29, 0.717) is 30.4 Å². The van der Waals surface area contributed by atoms with Gasteiger partial charge >= 0.3 is 0 Å². The van der Waals surface area contributed by atoms with Crippen molar-refractivity contribution in [3.8, 4) is 0 Å². The largest absolute Gasteiger partial charge is 0.314 e. The van der Waals surface area contributed by atoms with Gasteiger partial charge in [-0.05, 0) is 37.0 Å². The number of piperazine rings is 1. The third-order valence-electron chi connectivity index (χ3n) is 4.11. The van der Waals surface area contributed by atoms with E-state index in [1.807, 2.05) is 19.1 Å². The Labute approximate surface area is 134 Å². The molecule has 1 aromatic rings. The standard InChI is InChI=1S/C15H24N2O2S.ClH/c1-4-12(2)14-5-7-15(8-6-14)20(18,19)17-10-9-16-11-13(17)3;/h5-8,12-13,16H,4,9-11H2,1-3H3;1H. The van der Waals surface area contributed by atoms with Gasteiger partial charge < -0.3 is 5.32 Å². The highest BCUT2D eigenvalue weighted by Crippen LogP contribution is 2.23. The van der Waals surface area contributed by atoms with Crippen LogP contribution in [-0.2, 0) is 10.0 Å². The van der Waals surface area contributed by atoms with Crippen molar-refractivity contribution in [1.82, 2.24) is 9.62 Å². The second kappa shape index (κ2) is 7.58. The molecule has 120 valence electrons. The quantitative estimate of drug-likeness (QED) is 0.922. The summed E-state index contributed by atoms with van der Waals surface area (Å²) in [5.74, 6) is 0.463. The summed E-state index contributed by atoms with van der Waals surface area (Å²) < 4.78 is 26.9. The van der Waals surface area contributed by atoms with E-state index in [-0.39, 0.29) is 18.4 Å². The van der Waals surface area contributed by atoms with Crippen LogP contribution >= 0.6 is 12.4 Å². The number of halogens is 1. The number of hydrogen-bond donors (Lipinski definition) is 1. The molecule has 4 nitrogen and oxygen atoms in total. The minimum absolute atomic E-state index is 0. The van der Waals surface area contributed by atoms with Gasteiger partial charge in [0.05, 0.1) is 4.90 Å². The number of hydrogen-bond acceptors (Lipinski definition) is 3. The van der Waals surface area contributed by atoms with Gasteiger partial charge in [-0.2, -0.15) is 4.31 Å². The van der Waals surface area contributed by atoms with Gasteiger partial charge in [0.25, 0.3) is 0 Å². The molecular weight excluding hydrogens is 308 g/mol. The minimum atomic E-state index is -3.37. The first-order chi connectivity index (χ1) is 9.46. The predicted molar refractivity (Wildman–Crippen MR) is 88.6 cm³/mol. The lowest BCUT2D eigenvalue weighted by Gasteiger charge is -2.32. The second-order valence-corrected chi connectivity index (χ2v) is 7.44. The molecule has 0 aliphatic carbocycles. The van der Waals surface area contributed by atoms with Gasteiger partial charge in [-0.1, -0.05) is 26.0 Å². The van der Waals surface area contributed by atoms with Gasteiger partial charge in [0.15, 0.2) is 0 Å². The smallest absolute Gasteiger partial charge is 0.243 e. The maximum atomic E-state index is 12.6. The SMILES string of the molecule is CCC(C)c1ccc(S(=O)(=O)N2CCNCC2C)cc1.Cl. The predicted octanol–water partition coefficient (Wildman–Crippen LogP) is 2.60. The van der Waals surface area contributed by atoms with Gasteiger partial charge in [0.1, 0.15) is 0 Å². The number of nitrogens with one attached hydrogen (secondary N) is 1. The average molecular weight is 333 g/mol. The molecule has 1 aliphatic heterocycles. The van der Waals surface area contributed by atoms with Crippen LogP contribution in [0.4, 0.5) is 0 Å². The molecule has 1 fully saturated rings. The zero-order valence-electron chi connectivity index (χ0n) is 12.9. The highest BCUT2D eigenvalue weighted by Gasteiger charge is 2.30. The number of rotatable bonds is 4. The Morgan fingerprint density at radius 1 is 1.33 bits per heavy atom. The monoisotopic (exact) mass is 332 g/mol. The van der Waals surface area contributed by atoms with Crippen LogP contribution in [0.15, 0.2) is 29.2 Å². The summed E-state index contributed by atoms with van der Waals surface area (Å²) in [5.41, 5.74) is 1.19. The van der Waals surface area contributed by atoms with Crippen molar-refractivity contribution < 1.29 is 8.42 Å². The fourth-order valence-corrected chi connectivity index (χ4v) is 4.15. The highest BCUT2D eigenvalue weighted by molar-refractivity contribution is 7.89. The van der Waals surface area contributed by atoms with Crippen molar-refractivity contribution in [3.63, 3.8) is 0 Å². The van der Waals surface area contributed by atoms with E-state index in [1.54, 1.807) is 16.4 Å². The molecule has 6 heteroatoms. The van der Waals surface area contributed by atoms with Crippen LogP contribution in [0.5, 0.6) is 0 Å². The fraction of sp³-hybridized carbons (Fsp3) is 0.600. The number of benzene rings is 1. The van der Waals surface area contributed by atoms with Crippen LogP contribution in [0.1, 0.15) is 38.7 Å². The molecule has 0 amide bonds. The average Bonchev–Trinajstić information content (AvgIpc) is 2.47. The molecule has 1 heterocycles. The maximum Gasteiger partial charge on any atom is 0.243 e. The normalized spacial score (nSPS) is 21.6. The van der Waals surface area contributed by atoms with Crippen LogP contribution in [0.2, 0.25) is 0 Å². The second-order valence-electron chi connectivity index (χ2n) is 5.55. The Morgan fingerprint density at radius 3 is 2.48 bits per heavy atom. The molecule has 0 aromatic heterocycles. The molecule has 1 N–H and O–H groups in total. The Balaban J connectivity index is 0.00000220. The highest BCUT2D eigenvalue weighted by atomic mass is 35.5. The van der Waals surface area contributed by atoms with Crippen LogP contribution in [0, 0.1) is 0 Å². The molecule has 21 heavy (non-hydrogen) atoms. The van der Waals surface area contributed by atoms with Crippen molar-refractivity contribution in [2.45, 2.75) is 44.0 Å². The molecule has 1 aliphatic rings. The van der Waals surface area contributed by atoms with Gasteiger partial charge in [0, 0.05) is 25.7 Å². The van der Waals surface area contributed by atoms with E-state index in [9.17, 15) is 8.42 Å². The summed E-state index contributed by atoms with van der Waals surface area (Å²) in [4.78, 5) is 0.401. The lowest BCUT2D eigenvalue weighted by molar-refractivity contribution is 0.284. The maximum absolute atomic E-state index is 12.6. The fourth-order valence-electron chi connectivity index (χ4n) is 2.52. The third-order valence-corrected chi connectivity index (χ3v) is 6.14. The van der Waals surface area contributed by atoms with Gasteiger partial charge in [-0.3, -0.25) is 0 Å². The summed E-state index contributed by atoms with van der Waals surface area (Å²) in [5, 5.41) is 3.21. The van der Waals surface area contributed by atoms with E-state index in [0.717, 1.165) is 6.42 Å². The lowest BCUT2D eigenvalue weighted by Crippen LogP contribution is -2.52. The number of sulfonamides is 1. The molecule has 0 bridgehead atoms. The zero-order valence-corrected chi connectivity index (χ0v) is 14.5. The van der Waals surface area contributed by atoms with E-state index in [4.69, 9.17) is 0 Å². The summed E-state index contributed by atoms with van der Waals surface area (Å²) in [6.45, 7) is 8.20. The van der Waals surface area contributed by atoms with E-state index >= 15 is 0 Å². The summed E-state index contributed by atoms with van der Waals surface area (Å²) in [7, 11) is -3.37. The van der Waals surface area contributed by atoms with Crippen LogP contribution in [-0.4, -0.2) is 38.4 Å². The lowest BCUT2D eigenvalue weighted by atomic mass is 9.99. The van der Waals surface area contributed by atoms with Gasteiger partial charge in [-0.25, -0.2) is 8.42 Å². The van der Waals surface area contributed by atoms with Crippen molar-refractivity contribution in [2.75, 3.05) is 19.6 Å². The summed E-state index contributed by atoms with van der Waals surface area (Å²) in [6, 6.07) is 7.36. The first-order valence-corrected chi connectivity index (χ1v) is 8.73. The Hall–Kier alpha value is -0.620. The topological polar surface area (TPSA) is 49.4 Å². The van der Waals surface area contributed by atoms with Crippen molar-refractivity contribution in [1.29, 1.82) is 0 Å². The summed E-state index contributed by atoms with van der Waals surface area (Å²) in [6.07, 6.45) is 1.06. The van der Waals surface area contributed by atoms with E-state index in [1.165, 1.54) is 5.56 Å². The molecule has 1 saturated heterocycles. The minimum Gasteiger partial charge on any atom is -0.314 e. The van der Waals surface area contributed by atoms with Crippen LogP contribution < -0.4 is 5.32 Å². The molecule has 2 atom stereocenters. The Kier molecular flexibility index (Phi) is 6.66. The van der Waals surface area contributed by atoms with E-state index in [2.05, 4.69) is 19.2 Å². The molecule has 2 unspecified atom stereocenters. The molecule has 0 radical (unpaired) electrons. The molecule has 0 saturated carbocycles. The van der Waals surface area contributed by atoms with Gasteiger partial charge in [0.2, 0.25) is 10.0 Å². The van der Waals surface area contributed by atoms with E-state index < -0.39 is 10.0 Å². The van der Waals surface area contributed by atoms with Crippen LogP contribution in [0.3, 0.4) is 0 Å². The molecular formula is C15H25ClN2O2S. The summed E-state index contributed by atoms with van der Waals surface area (Å²) >= 11 is 0. The van der Waals surface area contributed by atoms with Crippen LogP contribution in [0.25, 0.3) is 0 Å². The van der Waals surface area contributed by atoms with Gasteiger partial charge in [-0.15, -0.1) is 12.4 Å². The Bertz CT molecular complexity index is 545. The molecule has 0 spiro atoms. The first-order valence-electron chi connectivity index (χ1n) is 7.29. The van der Waals surface area contributed by atoms with Crippen molar-refractivity contribution >= 4 is 22.4 Å². The Morgan fingerprint density at radius 2 is 1.95 bits per heavy atom. The van der Waals surface area contributed by atoms with Crippen molar-refractivity contribution in [2.24, 2.45) is 0 Å². The molecule has 2 rings (SSSR count). The van der Waals surface area contributed by atoms with Crippen molar-refractivity contribution in [3.05, 3.63) is 29.8 Å². The zero-order chi connectivity index (χ0) is 14.8. The number of nitrogens with zero attached hydrogens (tertiary/aromatic N) is 1. The first kappa shape index (κ1) is 18.4. The third kappa shape index (κ3) is 3.97. The molecule has 1 aromatic carbocycles.